The zero-order chi connectivity index (χ0) is 25.7. The van der Waals surface area contributed by atoms with Gasteiger partial charge in [-0.05, 0) is 128 Å². The lowest BCUT2D eigenvalue weighted by molar-refractivity contribution is -0.152. The maximum absolute atomic E-state index is 11.2. The third-order valence-corrected chi connectivity index (χ3v) is 12.7. The molecule has 0 amide bonds. The molecule has 4 fully saturated rings. The predicted octanol–water partition coefficient (Wildman–Crippen LogP) is 9.25. The molecule has 5 rings (SSSR count). The van der Waals surface area contributed by atoms with Crippen molar-refractivity contribution < 1.29 is 5.11 Å². The van der Waals surface area contributed by atoms with Crippen molar-refractivity contribution in [2.24, 2.45) is 58.2 Å². The lowest BCUT2D eigenvalue weighted by Crippen LogP contribution is -2.57. The van der Waals surface area contributed by atoms with E-state index in [4.69, 9.17) is 0 Å². The summed E-state index contributed by atoms with van der Waals surface area (Å²) in [6.07, 6.45) is 16.2. The molecule has 1 aromatic rings. The van der Waals surface area contributed by atoms with Gasteiger partial charge >= 0.3 is 0 Å². The summed E-state index contributed by atoms with van der Waals surface area (Å²) in [7, 11) is 0. The third-order valence-electron chi connectivity index (χ3n) is 12.7. The molecule has 4 saturated carbocycles. The largest absolute Gasteiger partial charge is 0.393 e. The van der Waals surface area contributed by atoms with Crippen molar-refractivity contribution in [2.75, 3.05) is 0 Å². The summed E-state index contributed by atoms with van der Waals surface area (Å²) in [5.74, 6) is 6.60. The van der Waals surface area contributed by atoms with Gasteiger partial charge < -0.3 is 5.11 Å². The van der Waals surface area contributed by atoms with Crippen LogP contribution >= 0.6 is 0 Å². The number of aryl methyl sites for hydroxylation is 1. The maximum Gasteiger partial charge on any atom is 0.0574 e. The van der Waals surface area contributed by atoms with E-state index in [-0.39, 0.29) is 6.10 Å². The Hall–Kier alpha value is -0.820. The molecule has 0 saturated heterocycles. The number of aliphatic hydroxyl groups is 1. The van der Waals surface area contributed by atoms with Crippen LogP contribution in [0.25, 0.3) is 0 Å². The second kappa shape index (κ2) is 10.4. The van der Waals surface area contributed by atoms with E-state index in [1.165, 1.54) is 75.3 Å². The fourth-order valence-electron chi connectivity index (χ4n) is 10.9. The van der Waals surface area contributed by atoms with Gasteiger partial charge in [0.15, 0.2) is 0 Å². The van der Waals surface area contributed by atoms with E-state index in [1.54, 1.807) is 0 Å². The summed E-state index contributed by atoms with van der Waals surface area (Å²) >= 11 is 0. The minimum Gasteiger partial charge on any atom is -0.393 e. The summed E-state index contributed by atoms with van der Waals surface area (Å²) in [4.78, 5) is 0. The molecule has 10 atom stereocenters. The average Bonchev–Trinajstić information content (AvgIpc) is 3.18. The molecule has 1 heteroatoms. The van der Waals surface area contributed by atoms with E-state index in [1.807, 2.05) is 0 Å². The number of fused-ring (bicyclic) bond motifs is 5. The van der Waals surface area contributed by atoms with E-state index in [2.05, 4.69) is 65.8 Å². The summed E-state index contributed by atoms with van der Waals surface area (Å²) < 4.78 is 0. The molecule has 0 heterocycles. The Balaban J connectivity index is 1.31. The Bertz CT molecular complexity index is 888. The van der Waals surface area contributed by atoms with Gasteiger partial charge in [-0.2, -0.15) is 0 Å². The number of benzene rings is 1. The predicted molar refractivity (Wildman–Crippen MR) is 153 cm³/mol. The van der Waals surface area contributed by atoms with Crippen LogP contribution in [0.15, 0.2) is 24.3 Å². The highest BCUT2D eigenvalue weighted by Crippen LogP contribution is 2.69. The smallest absolute Gasteiger partial charge is 0.0574 e. The molecule has 36 heavy (non-hydrogen) atoms. The van der Waals surface area contributed by atoms with Crippen LogP contribution < -0.4 is 0 Å². The molecule has 1 N–H and O–H groups in total. The second-order valence-corrected chi connectivity index (χ2v) is 15.1. The van der Waals surface area contributed by atoms with Crippen LogP contribution in [0.5, 0.6) is 0 Å². The Morgan fingerprint density at radius 3 is 2.33 bits per heavy atom. The number of hydrogen-bond acceptors (Lipinski definition) is 1. The van der Waals surface area contributed by atoms with Crippen LogP contribution in [0, 0.1) is 65.1 Å². The number of aliphatic hydroxyl groups excluding tert-OH is 1. The molecule has 1 unspecified atom stereocenters. The minimum atomic E-state index is -0.114. The van der Waals surface area contributed by atoms with Crippen molar-refractivity contribution in [1.82, 2.24) is 0 Å². The minimum absolute atomic E-state index is 0.114. The SMILES string of the molecule is Cc1cccc(C[C@H]2C3CC[C@H]4[C@@H]5CC[C@H]([C@H](C)CCCC(C)C)[C@@]5(C)CC[C@@H]4[C@@]3(C)CC[C@H]2O)c1. The van der Waals surface area contributed by atoms with E-state index in [0.29, 0.717) is 22.7 Å². The van der Waals surface area contributed by atoms with E-state index < -0.39 is 0 Å². The van der Waals surface area contributed by atoms with Gasteiger partial charge in [0.05, 0.1) is 6.10 Å². The highest BCUT2D eigenvalue weighted by molar-refractivity contribution is 5.23. The van der Waals surface area contributed by atoms with Crippen LogP contribution in [-0.2, 0) is 6.42 Å². The van der Waals surface area contributed by atoms with Crippen molar-refractivity contribution in [3.63, 3.8) is 0 Å². The molecular formula is C35H56O. The Kier molecular flexibility index (Phi) is 7.73. The first kappa shape index (κ1) is 26.8. The van der Waals surface area contributed by atoms with Gasteiger partial charge in [-0.15, -0.1) is 0 Å². The van der Waals surface area contributed by atoms with E-state index in [9.17, 15) is 5.11 Å². The molecule has 1 nitrogen and oxygen atoms in total. The molecule has 0 aromatic heterocycles. The molecule has 0 radical (unpaired) electrons. The van der Waals surface area contributed by atoms with Gasteiger partial charge in [-0.3, -0.25) is 0 Å². The second-order valence-electron chi connectivity index (χ2n) is 15.1. The molecule has 4 aliphatic carbocycles. The molecule has 0 aliphatic heterocycles. The fourth-order valence-corrected chi connectivity index (χ4v) is 10.9. The molecule has 1 aromatic carbocycles. The standard InChI is InChI=1S/C35H56O/c1-23(2)9-7-11-25(4)29-15-16-30-27-13-14-31-28(22-26-12-8-10-24(3)21-26)33(36)18-20-35(31,6)32(27)17-19-34(29,30)5/h8,10,12,21,23,25,27-33,36H,7,9,11,13-20,22H2,1-6H3/t25-,27+,28+,29-,30+,31?,32+,33-,34-,35+/m1/s1. The van der Waals surface area contributed by atoms with Crippen LogP contribution in [0.1, 0.15) is 116 Å². The highest BCUT2D eigenvalue weighted by Gasteiger charge is 2.61. The van der Waals surface area contributed by atoms with Crippen LogP contribution in [0.4, 0.5) is 0 Å². The number of hydrogen-bond donors (Lipinski definition) is 1. The molecule has 202 valence electrons. The average molecular weight is 493 g/mol. The third kappa shape index (κ3) is 4.74. The van der Waals surface area contributed by atoms with Crippen LogP contribution in [0.2, 0.25) is 0 Å². The van der Waals surface area contributed by atoms with Gasteiger partial charge in [0.2, 0.25) is 0 Å². The fraction of sp³-hybridized carbons (Fsp3) is 0.829. The van der Waals surface area contributed by atoms with Gasteiger partial charge in [-0.25, -0.2) is 0 Å². The topological polar surface area (TPSA) is 20.2 Å². The van der Waals surface area contributed by atoms with Gasteiger partial charge in [0, 0.05) is 0 Å². The van der Waals surface area contributed by atoms with Crippen LogP contribution in [-0.4, -0.2) is 11.2 Å². The van der Waals surface area contributed by atoms with Gasteiger partial charge in [0.25, 0.3) is 0 Å². The van der Waals surface area contributed by atoms with E-state index in [0.717, 1.165) is 48.3 Å². The monoisotopic (exact) mass is 492 g/mol. The van der Waals surface area contributed by atoms with E-state index >= 15 is 0 Å². The molecule has 0 spiro atoms. The van der Waals surface area contributed by atoms with Crippen LogP contribution in [0.3, 0.4) is 0 Å². The summed E-state index contributed by atoms with van der Waals surface area (Å²) in [5.41, 5.74) is 3.80. The van der Waals surface area contributed by atoms with Crippen molar-refractivity contribution in [2.45, 2.75) is 125 Å². The first-order chi connectivity index (χ1) is 17.1. The summed E-state index contributed by atoms with van der Waals surface area (Å²) in [6, 6.07) is 9.06. The first-order valence-electron chi connectivity index (χ1n) is 15.9. The Labute approximate surface area is 223 Å². The normalized spacial score (nSPS) is 43.1. The number of rotatable bonds is 7. The zero-order valence-corrected chi connectivity index (χ0v) is 24.4. The quantitative estimate of drug-likeness (QED) is 0.402. The molecular weight excluding hydrogens is 436 g/mol. The molecule has 4 aliphatic rings. The summed E-state index contributed by atoms with van der Waals surface area (Å²) in [6.45, 7) is 15.0. The lowest BCUT2D eigenvalue weighted by Gasteiger charge is -2.63. The van der Waals surface area contributed by atoms with Crippen molar-refractivity contribution in [3.8, 4) is 0 Å². The maximum atomic E-state index is 11.2. The van der Waals surface area contributed by atoms with Gasteiger partial charge in [0.1, 0.15) is 0 Å². The van der Waals surface area contributed by atoms with Gasteiger partial charge in [-0.1, -0.05) is 83.7 Å². The summed E-state index contributed by atoms with van der Waals surface area (Å²) in [5, 5.41) is 11.2. The Morgan fingerprint density at radius 2 is 1.58 bits per heavy atom. The Morgan fingerprint density at radius 1 is 0.861 bits per heavy atom. The first-order valence-corrected chi connectivity index (χ1v) is 15.9. The molecule has 0 bridgehead atoms. The van der Waals surface area contributed by atoms with Crippen molar-refractivity contribution >= 4 is 0 Å². The highest BCUT2D eigenvalue weighted by atomic mass is 16.3. The lowest BCUT2D eigenvalue weighted by atomic mass is 9.42. The zero-order valence-electron chi connectivity index (χ0n) is 24.4. The van der Waals surface area contributed by atoms with Crippen molar-refractivity contribution in [1.29, 1.82) is 0 Å². The van der Waals surface area contributed by atoms with Crippen molar-refractivity contribution in [3.05, 3.63) is 35.4 Å².